The maximum Gasteiger partial charge on any atom is 0.150 e. The molecule has 0 saturated carbocycles. The van der Waals surface area contributed by atoms with Crippen molar-refractivity contribution in [3.05, 3.63) is 0 Å². The third-order valence-electron chi connectivity index (χ3n) is 2.60. The van der Waals surface area contributed by atoms with Gasteiger partial charge in [0.15, 0.2) is 9.84 Å². The minimum atomic E-state index is -2.69. The molecule has 1 rings (SSSR count). The molecule has 12 heavy (non-hydrogen) atoms. The molecule has 1 fully saturated rings. The zero-order valence-electron chi connectivity index (χ0n) is 7.71. The van der Waals surface area contributed by atoms with E-state index in [-0.39, 0.29) is 0 Å². The van der Waals surface area contributed by atoms with Crippen LogP contribution in [0.3, 0.4) is 0 Å². The van der Waals surface area contributed by atoms with Gasteiger partial charge in [0, 0.05) is 0 Å². The fraction of sp³-hybridized carbons (Fsp3) is 1.00. The van der Waals surface area contributed by atoms with Crippen molar-refractivity contribution in [1.82, 2.24) is 5.32 Å². The fourth-order valence-corrected chi connectivity index (χ4v) is 3.74. The molecule has 0 spiro atoms. The molecule has 0 aromatic rings. The molecule has 1 saturated heterocycles. The first-order chi connectivity index (χ1) is 5.55. The lowest BCUT2D eigenvalue weighted by molar-refractivity contribution is 0.383. The lowest BCUT2D eigenvalue weighted by Crippen LogP contribution is -2.24. The van der Waals surface area contributed by atoms with Crippen LogP contribution in [0.1, 0.15) is 13.3 Å². The smallest absolute Gasteiger partial charge is 0.150 e. The summed E-state index contributed by atoms with van der Waals surface area (Å²) in [6, 6.07) is 0. The fourth-order valence-electron chi connectivity index (χ4n) is 1.76. The van der Waals surface area contributed by atoms with E-state index >= 15 is 0 Å². The van der Waals surface area contributed by atoms with Crippen molar-refractivity contribution in [3.8, 4) is 0 Å². The van der Waals surface area contributed by atoms with Crippen molar-refractivity contribution in [3.63, 3.8) is 0 Å². The van der Waals surface area contributed by atoms with E-state index in [1.807, 2.05) is 7.05 Å². The van der Waals surface area contributed by atoms with Crippen LogP contribution in [0.15, 0.2) is 0 Å². The Morgan fingerprint density at radius 3 is 2.67 bits per heavy atom. The summed E-state index contributed by atoms with van der Waals surface area (Å²) in [7, 11) is -0.784. The monoisotopic (exact) mass is 191 g/mol. The summed E-state index contributed by atoms with van der Waals surface area (Å²) in [4.78, 5) is 0. The van der Waals surface area contributed by atoms with Crippen LogP contribution in [0.25, 0.3) is 0 Å². The Balaban J connectivity index is 2.46. The van der Waals surface area contributed by atoms with E-state index in [1.165, 1.54) is 0 Å². The minimum Gasteiger partial charge on any atom is -0.319 e. The molecule has 2 atom stereocenters. The van der Waals surface area contributed by atoms with E-state index in [9.17, 15) is 8.42 Å². The van der Waals surface area contributed by atoms with E-state index in [1.54, 1.807) is 0 Å². The maximum atomic E-state index is 11.1. The minimum absolute atomic E-state index is 0.377. The van der Waals surface area contributed by atoms with Crippen molar-refractivity contribution >= 4 is 9.84 Å². The molecule has 0 aromatic carbocycles. The second-order valence-corrected chi connectivity index (χ2v) is 5.93. The van der Waals surface area contributed by atoms with Crippen molar-refractivity contribution in [1.29, 1.82) is 0 Å². The van der Waals surface area contributed by atoms with Crippen molar-refractivity contribution in [2.24, 2.45) is 11.8 Å². The molecule has 2 unspecified atom stereocenters. The van der Waals surface area contributed by atoms with Crippen LogP contribution in [0.5, 0.6) is 0 Å². The Kier molecular flexibility index (Phi) is 3.12. The van der Waals surface area contributed by atoms with E-state index in [2.05, 4.69) is 12.2 Å². The van der Waals surface area contributed by atoms with Gasteiger partial charge >= 0.3 is 0 Å². The molecule has 72 valence electrons. The Morgan fingerprint density at radius 2 is 2.25 bits per heavy atom. The molecular weight excluding hydrogens is 174 g/mol. The highest BCUT2D eigenvalue weighted by Gasteiger charge is 2.30. The number of hydrogen-bond donors (Lipinski definition) is 1. The summed E-state index contributed by atoms with van der Waals surface area (Å²) < 4.78 is 22.3. The van der Waals surface area contributed by atoms with Gasteiger partial charge in [0.2, 0.25) is 0 Å². The predicted octanol–water partition coefficient (Wildman–Crippen LogP) is 0.277. The van der Waals surface area contributed by atoms with Crippen molar-refractivity contribution < 1.29 is 8.42 Å². The quantitative estimate of drug-likeness (QED) is 0.697. The van der Waals surface area contributed by atoms with E-state index < -0.39 is 9.84 Å². The molecule has 1 aliphatic rings. The van der Waals surface area contributed by atoms with Crippen LogP contribution in [0.2, 0.25) is 0 Å². The van der Waals surface area contributed by atoms with E-state index in [0.29, 0.717) is 23.3 Å². The van der Waals surface area contributed by atoms with Gasteiger partial charge in [0.25, 0.3) is 0 Å². The van der Waals surface area contributed by atoms with Gasteiger partial charge in [-0.3, -0.25) is 0 Å². The Morgan fingerprint density at radius 1 is 1.58 bits per heavy atom. The number of rotatable bonds is 3. The Hall–Kier alpha value is -0.0900. The summed E-state index contributed by atoms with van der Waals surface area (Å²) in [5.74, 6) is 1.65. The van der Waals surface area contributed by atoms with Gasteiger partial charge in [-0.25, -0.2) is 8.42 Å². The summed E-state index contributed by atoms with van der Waals surface area (Å²) in [6.45, 7) is 3.03. The normalized spacial score (nSPS) is 30.3. The van der Waals surface area contributed by atoms with E-state index in [4.69, 9.17) is 0 Å². The van der Waals surface area contributed by atoms with Gasteiger partial charge < -0.3 is 5.32 Å². The highest BCUT2D eigenvalue weighted by atomic mass is 32.2. The van der Waals surface area contributed by atoms with Crippen molar-refractivity contribution in [2.45, 2.75) is 13.3 Å². The molecule has 4 heteroatoms. The molecule has 0 bridgehead atoms. The first-order valence-electron chi connectivity index (χ1n) is 4.40. The number of nitrogens with one attached hydrogen (secondary N) is 1. The van der Waals surface area contributed by atoms with Crippen LogP contribution >= 0.6 is 0 Å². The van der Waals surface area contributed by atoms with Crippen LogP contribution in [0, 0.1) is 11.8 Å². The first kappa shape index (κ1) is 9.99. The first-order valence-corrected chi connectivity index (χ1v) is 6.22. The third-order valence-corrected chi connectivity index (χ3v) is 4.39. The van der Waals surface area contributed by atoms with Crippen LogP contribution in [-0.4, -0.2) is 33.5 Å². The zero-order chi connectivity index (χ0) is 9.19. The van der Waals surface area contributed by atoms with Gasteiger partial charge in [-0.2, -0.15) is 0 Å². The molecule has 0 aromatic heterocycles. The Bertz CT molecular complexity index is 235. The molecule has 1 heterocycles. The summed E-state index contributed by atoms with van der Waals surface area (Å²) in [6.07, 6.45) is 0.852. The van der Waals surface area contributed by atoms with Gasteiger partial charge in [-0.05, 0) is 31.8 Å². The molecular formula is C8H17NO2S. The highest BCUT2D eigenvalue weighted by molar-refractivity contribution is 7.91. The topological polar surface area (TPSA) is 46.2 Å². The molecule has 0 amide bonds. The third kappa shape index (κ3) is 2.45. The molecule has 0 radical (unpaired) electrons. The van der Waals surface area contributed by atoms with Gasteiger partial charge in [0.1, 0.15) is 0 Å². The predicted molar refractivity (Wildman–Crippen MR) is 49.9 cm³/mol. The van der Waals surface area contributed by atoms with Crippen LogP contribution < -0.4 is 5.32 Å². The van der Waals surface area contributed by atoms with Gasteiger partial charge in [-0.1, -0.05) is 6.92 Å². The van der Waals surface area contributed by atoms with Crippen LogP contribution in [-0.2, 0) is 9.84 Å². The van der Waals surface area contributed by atoms with E-state index in [0.717, 1.165) is 13.0 Å². The zero-order valence-corrected chi connectivity index (χ0v) is 8.52. The second-order valence-electron chi connectivity index (χ2n) is 3.70. The second kappa shape index (κ2) is 3.75. The lowest BCUT2D eigenvalue weighted by atomic mass is 9.94. The maximum absolute atomic E-state index is 11.1. The number of hydrogen-bond acceptors (Lipinski definition) is 3. The SMILES string of the molecule is CNCC(C)C1CCS(=O)(=O)C1. The molecule has 1 aliphatic heterocycles. The summed E-state index contributed by atoms with van der Waals surface area (Å²) in [5, 5.41) is 3.08. The molecule has 3 nitrogen and oxygen atoms in total. The largest absolute Gasteiger partial charge is 0.319 e. The highest BCUT2D eigenvalue weighted by Crippen LogP contribution is 2.25. The van der Waals surface area contributed by atoms with Crippen molar-refractivity contribution in [2.75, 3.05) is 25.1 Å². The van der Waals surface area contributed by atoms with Gasteiger partial charge in [0.05, 0.1) is 11.5 Å². The average Bonchev–Trinajstić information content (AvgIpc) is 2.31. The molecule has 1 N–H and O–H groups in total. The summed E-state index contributed by atoms with van der Waals surface area (Å²) in [5.41, 5.74) is 0. The lowest BCUT2D eigenvalue weighted by Gasteiger charge is -2.16. The Labute approximate surface area is 74.5 Å². The van der Waals surface area contributed by atoms with Gasteiger partial charge in [-0.15, -0.1) is 0 Å². The number of sulfone groups is 1. The summed E-state index contributed by atoms with van der Waals surface area (Å²) >= 11 is 0. The van der Waals surface area contributed by atoms with Crippen LogP contribution in [0.4, 0.5) is 0 Å². The standard InChI is InChI=1S/C8H17NO2S/c1-7(5-9-2)8-3-4-12(10,11)6-8/h7-9H,3-6H2,1-2H3. The molecule has 0 aliphatic carbocycles. The average molecular weight is 191 g/mol.